The Morgan fingerprint density at radius 3 is 2.81 bits per heavy atom. The molecule has 0 aromatic heterocycles. The zero-order chi connectivity index (χ0) is 12.1. The van der Waals surface area contributed by atoms with Crippen molar-refractivity contribution in [3.05, 3.63) is 29.6 Å². The molecule has 0 aliphatic carbocycles. The van der Waals surface area contributed by atoms with Gasteiger partial charge in [-0.25, -0.2) is 4.39 Å². The van der Waals surface area contributed by atoms with Gasteiger partial charge in [0.05, 0.1) is 5.69 Å². The Hall–Kier alpha value is -1.58. The molecule has 16 heavy (non-hydrogen) atoms. The topological polar surface area (TPSA) is 55.1 Å². The Morgan fingerprint density at radius 2 is 2.25 bits per heavy atom. The van der Waals surface area contributed by atoms with Crippen molar-refractivity contribution in [2.24, 2.45) is 5.73 Å². The second kappa shape index (κ2) is 5.49. The first kappa shape index (κ1) is 12.5. The molecule has 0 saturated heterocycles. The molecule has 3 N–H and O–H groups in total. The number of primary amides is 1. The number of amides is 1. The standard InChI is InChI=1S/C12H17FN2O/c1-3-4-8(2)15-11-7-9(12(14)16)5-6-10(11)13/h5-8,15H,3-4H2,1-2H3,(H2,14,16). The molecule has 0 fully saturated rings. The minimum atomic E-state index is -0.550. The van der Waals surface area contributed by atoms with Crippen LogP contribution in [0.1, 0.15) is 37.0 Å². The average molecular weight is 224 g/mol. The van der Waals surface area contributed by atoms with E-state index in [0.717, 1.165) is 12.8 Å². The van der Waals surface area contributed by atoms with E-state index < -0.39 is 5.91 Å². The van der Waals surface area contributed by atoms with E-state index in [9.17, 15) is 9.18 Å². The van der Waals surface area contributed by atoms with Crippen molar-refractivity contribution in [2.45, 2.75) is 32.7 Å². The van der Waals surface area contributed by atoms with Gasteiger partial charge in [0.25, 0.3) is 0 Å². The first-order valence-electron chi connectivity index (χ1n) is 5.40. The molecule has 0 bridgehead atoms. The lowest BCUT2D eigenvalue weighted by molar-refractivity contribution is 0.100. The SMILES string of the molecule is CCCC(C)Nc1cc(C(N)=O)ccc1F. The fourth-order valence-corrected chi connectivity index (χ4v) is 1.56. The van der Waals surface area contributed by atoms with E-state index in [1.54, 1.807) is 0 Å². The second-order valence-corrected chi connectivity index (χ2v) is 3.89. The third kappa shape index (κ3) is 3.22. The highest BCUT2D eigenvalue weighted by atomic mass is 19.1. The van der Waals surface area contributed by atoms with E-state index in [0.29, 0.717) is 11.3 Å². The second-order valence-electron chi connectivity index (χ2n) is 3.89. The molecule has 0 aliphatic rings. The van der Waals surface area contributed by atoms with E-state index in [4.69, 9.17) is 5.73 Å². The molecule has 1 rings (SSSR count). The predicted octanol–water partition coefficient (Wildman–Crippen LogP) is 2.53. The van der Waals surface area contributed by atoms with Gasteiger partial charge in [0.1, 0.15) is 5.82 Å². The summed E-state index contributed by atoms with van der Waals surface area (Å²) in [5.41, 5.74) is 5.78. The maximum atomic E-state index is 13.4. The number of carbonyl (C=O) groups is 1. The molecule has 0 heterocycles. The van der Waals surface area contributed by atoms with Crippen molar-refractivity contribution in [3.63, 3.8) is 0 Å². The highest BCUT2D eigenvalue weighted by molar-refractivity contribution is 5.93. The number of hydrogen-bond donors (Lipinski definition) is 2. The lowest BCUT2D eigenvalue weighted by Crippen LogP contribution is -2.17. The summed E-state index contributed by atoms with van der Waals surface area (Å²) in [6, 6.07) is 4.25. The van der Waals surface area contributed by atoms with E-state index >= 15 is 0 Å². The van der Waals surface area contributed by atoms with Crippen LogP contribution in [0.4, 0.5) is 10.1 Å². The third-order valence-electron chi connectivity index (χ3n) is 2.37. The molecule has 0 saturated carbocycles. The summed E-state index contributed by atoms with van der Waals surface area (Å²) < 4.78 is 13.4. The molecule has 1 amide bonds. The van der Waals surface area contributed by atoms with Crippen LogP contribution >= 0.6 is 0 Å². The molecule has 1 unspecified atom stereocenters. The lowest BCUT2D eigenvalue weighted by Gasteiger charge is -2.15. The van der Waals surface area contributed by atoms with Gasteiger partial charge in [-0.3, -0.25) is 4.79 Å². The van der Waals surface area contributed by atoms with Gasteiger partial charge in [-0.2, -0.15) is 0 Å². The number of carbonyl (C=O) groups excluding carboxylic acids is 1. The van der Waals surface area contributed by atoms with Crippen molar-refractivity contribution >= 4 is 11.6 Å². The number of anilines is 1. The number of rotatable bonds is 5. The van der Waals surface area contributed by atoms with E-state index in [1.165, 1.54) is 18.2 Å². The summed E-state index contributed by atoms with van der Waals surface area (Å²) in [5, 5.41) is 3.02. The Balaban J connectivity index is 2.85. The van der Waals surface area contributed by atoms with E-state index in [-0.39, 0.29) is 11.9 Å². The van der Waals surface area contributed by atoms with E-state index in [2.05, 4.69) is 12.2 Å². The first-order chi connectivity index (χ1) is 7.54. The van der Waals surface area contributed by atoms with Gasteiger partial charge >= 0.3 is 0 Å². The number of halogens is 1. The van der Waals surface area contributed by atoms with Gasteiger partial charge in [0.2, 0.25) is 5.91 Å². The maximum absolute atomic E-state index is 13.4. The predicted molar refractivity (Wildman–Crippen MR) is 62.9 cm³/mol. The highest BCUT2D eigenvalue weighted by Gasteiger charge is 2.09. The third-order valence-corrected chi connectivity index (χ3v) is 2.37. The van der Waals surface area contributed by atoms with Crippen molar-refractivity contribution in [1.82, 2.24) is 0 Å². The number of nitrogens with two attached hydrogens (primary N) is 1. The molecule has 88 valence electrons. The summed E-state index contributed by atoms with van der Waals surface area (Å²) in [5.74, 6) is -0.917. The molecular formula is C12H17FN2O. The Morgan fingerprint density at radius 1 is 1.56 bits per heavy atom. The summed E-state index contributed by atoms with van der Waals surface area (Å²) >= 11 is 0. The summed E-state index contributed by atoms with van der Waals surface area (Å²) in [7, 11) is 0. The Kier molecular flexibility index (Phi) is 4.28. The fraction of sp³-hybridized carbons (Fsp3) is 0.417. The maximum Gasteiger partial charge on any atom is 0.248 e. The molecule has 3 nitrogen and oxygen atoms in total. The van der Waals surface area contributed by atoms with Crippen LogP contribution in [0.5, 0.6) is 0 Å². The fourth-order valence-electron chi connectivity index (χ4n) is 1.56. The molecule has 0 spiro atoms. The quantitative estimate of drug-likeness (QED) is 0.807. The van der Waals surface area contributed by atoms with Crippen molar-refractivity contribution in [3.8, 4) is 0 Å². The first-order valence-corrected chi connectivity index (χ1v) is 5.40. The van der Waals surface area contributed by atoms with Crippen LogP contribution in [-0.4, -0.2) is 11.9 Å². The van der Waals surface area contributed by atoms with Gasteiger partial charge in [0.15, 0.2) is 0 Å². The summed E-state index contributed by atoms with van der Waals surface area (Å²) in [4.78, 5) is 10.9. The number of hydrogen-bond acceptors (Lipinski definition) is 2. The number of benzene rings is 1. The van der Waals surface area contributed by atoms with E-state index in [1.807, 2.05) is 6.92 Å². The molecular weight excluding hydrogens is 207 g/mol. The van der Waals surface area contributed by atoms with Gasteiger partial charge in [-0.05, 0) is 31.5 Å². The smallest absolute Gasteiger partial charge is 0.248 e. The van der Waals surface area contributed by atoms with Crippen molar-refractivity contribution in [1.29, 1.82) is 0 Å². The normalized spacial score (nSPS) is 12.2. The Bertz CT molecular complexity index is 379. The van der Waals surface area contributed by atoms with Crippen molar-refractivity contribution < 1.29 is 9.18 Å². The lowest BCUT2D eigenvalue weighted by atomic mass is 10.1. The van der Waals surface area contributed by atoms with Gasteiger partial charge < -0.3 is 11.1 Å². The zero-order valence-corrected chi connectivity index (χ0v) is 9.59. The monoisotopic (exact) mass is 224 g/mol. The molecule has 0 aliphatic heterocycles. The van der Waals surface area contributed by atoms with Gasteiger partial charge in [-0.1, -0.05) is 13.3 Å². The van der Waals surface area contributed by atoms with Crippen LogP contribution in [0.2, 0.25) is 0 Å². The van der Waals surface area contributed by atoms with Gasteiger partial charge in [0, 0.05) is 11.6 Å². The van der Waals surface area contributed by atoms with Crippen LogP contribution in [0.3, 0.4) is 0 Å². The summed E-state index contributed by atoms with van der Waals surface area (Å²) in [6.45, 7) is 4.04. The molecule has 0 radical (unpaired) electrons. The molecule has 1 aromatic carbocycles. The minimum Gasteiger partial charge on any atom is -0.380 e. The number of nitrogens with one attached hydrogen (secondary N) is 1. The highest BCUT2D eigenvalue weighted by Crippen LogP contribution is 2.17. The molecule has 4 heteroatoms. The Labute approximate surface area is 94.8 Å². The zero-order valence-electron chi connectivity index (χ0n) is 9.59. The van der Waals surface area contributed by atoms with Crippen LogP contribution in [0.15, 0.2) is 18.2 Å². The van der Waals surface area contributed by atoms with Crippen LogP contribution < -0.4 is 11.1 Å². The van der Waals surface area contributed by atoms with Crippen LogP contribution in [0.25, 0.3) is 0 Å². The minimum absolute atomic E-state index is 0.169. The molecule has 1 aromatic rings. The largest absolute Gasteiger partial charge is 0.380 e. The van der Waals surface area contributed by atoms with Crippen LogP contribution in [0, 0.1) is 5.82 Å². The molecule has 1 atom stereocenters. The van der Waals surface area contributed by atoms with Crippen LogP contribution in [-0.2, 0) is 0 Å². The average Bonchev–Trinajstić information content (AvgIpc) is 2.21. The summed E-state index contributed by atoms with van der Waals surface area (Å²) in [6.07, 6.45) is 1.96. The van der Waals surface area contributed by atoms with Crippen molar-refractivity contribution in [2.75, 3.05) is 5.32 Å². The van der Waals surface area contributed by atoms with Gasteiger partial charge in [-0.15, -0.1) is 0 Å².